The van der Waals surface area contributed by atoms with Crippen LogP contribution in [0.3, 0.4) is 0 Å². The van der Waals surface area contributed by atoms with Gasteiger partial charge < -0.3 is 4.74 Å². The third kappa shape index (κ3) is 6.50. The van der Waals surface area contributed by atoms with Crippen molar-refractivity contribution in [2.75, 3.05) is 11.5 Å². The van der Waals surface area contributed by atoms with Gasteiger partial charge in [-0.15, -0.1) is 0 Å². The molecule has 0 aliphatic heterocycles. The summed E-state index contributed by atoms with van der Waals surface area (Å²) >= 11 is 0. The summed E-state index contributed by atoms with van der Waals surface area (Å²) in [7, 11) is -3.73. The summed E-state index contributed by atoms with van der Waals surface area (Å²) in [5, 5.41) is 0. The zero-order valence-electron chi connectivity index (χ0n) is 12.5. The molecule has 0 aromatic carbocycles. The zero-order valence-corrected chi connectivity index (χ0v) is 13.3. The Balaban J connectivity index is 2.52. The molecule has 0 aromatic rings. The largest absolute Gasteiger partial charge is 0.459 e. The van der Waals surface area contributed by atoms with Gasteiger partial charge in [0, 0.05) is 5.92 Å². The van der Waals surface area contributed by atoms with Crippen molar-refractivity contribution in [3.63, 3.8) is 0 Å². The highest BCUT2D eigenvalue weighted by molar-refractivity contribution is 7.92. The van der Waals surface area contributed by atoms with Crippen molar-refractivity contribution < 1.29 is 22.7 Å². The average Bonchev–Trinajstić information content (AvgIpc) is 2.25. The predicted octanol–water partition coefficient (Wildman–Crippen LogP) is 1.89. The first kappa shape index (κ1) is 17.1. The molecular formula is C14H24O5S. The van der Waals surface area contributed by atoms with Crippen molar-refractivity contribution in [1.82, 2.24) is 0 Å². The van der Waals surface area contributed by atoms with E-state index >= 15 is 0 Å². The van der Waals surface area contributed by atoms with Gasteiger partial charge in [0.25, 0.3) is 0 Å². The van der Waals surface area contributed by atoms with Gasteiger partial charge in [0.05, 0.1) is 0 Å². The van der Waals surface area contributed by atoms with Gasteiger partial charge in [-0.1, -0.05) is 19.3 Å². The Hall–Kier alpha value is -0.910. The van der Waals surface area contributed by atoms with E-state index in [0.717, 1.165) is 32.1 Å². The Morgan fingerprint density at radius 2 is 1.60 bits per heavy atom. The van der Waals surface area contributed by atoms with Gasteiger partial charge in [-0.05, 0) is 33.6 Å². The molecule has 0 atom stereocenters. The minimum Gasteiger partial charge on any atom is -0.459 e. The van der Waals surface area contributed by atoms with Gasteiger partial charge in [-0.3, -0.25) is 9.59 Å². The topological polar surface area (TPSA) is 77.5 Å². The Bertz CT molecular complexity index is 452. The molecule has 0 bridgehead atoms. The van der Waals surface area contributed by atoms with Crippen molar-refractivity contribution >= 4 is 21.6 Å². The summed E-state index contributed by atoms with van der Waals surface area (Å²) in [4.78, 5) is 23.5. The van der Waals surface area contributed by atoms with E-state index in [-0.39, 0.29) is 11.7 Å². The van der Waals surface area contributed by atoms with Crippen LogP contribution >= 0.6 is 0 Å². The molecule has 20 heavy (non-hydrogen) atoms. The van der Waals surface area contributed by atoms with Crippen LogP contribution in [0.2, 0.25) is 0 Å². The van der Waals surface area contributed by atoms with Crippen LogP contribution in [0.15, 0.2) is 0 Å². The number of ether oxygens (including phenoxy) is 1. The Morgan fingerprint density at radius 1 is 1.05 bits per heavy atom. The second kappa shape index (κ2) is 6.70. The van der Waals surface area contributed by atoms with E-state index in [0.29, 0.717) is 0 Å². The lowest BCUT2D eigenvalue weighted by Crippen LogP contribution is -2.32. The van der Waals surface area contributed by atoms with Crippen LogP contribution < -0.4 is 0 Å². The summed E-state index contributed by atoms with van der Waals surface area (Å²) in [5.41, 5.74) is -0.722. The van der Waals surface area contributed by atoms with E-state index in [2.05, 4.69) is 0 Å². The summed E-state index contributed by atoms with van der Waals surface area (Å²) in [6.07, 6.45) is 4.58. The second-order valence-electron chi connectivity index (χ2n) is 6.42. The fourth-order valence-corrected chi connectivity index (χ4v) is 3.55. The van der Waals surface area contributed by atoms with Gasteiger partial charge in [-0.2, -0.15) is 0 Å². The van der Waals surface area contributed by atoms with Crippen LogP contribution in [0.4, 0.5) is 0 Å². The number of hydrogen-bond acceptors (Lipinski definition) is 5. The molecule has 1 aliphatic carbocycles. The first-order valence-corrected chi connectivity index (χ1v) is 8.86. The molecule has 0 unspecified atom stereocenters. The molecule has 0 radical (unpaired) electrons. The molecule has 0 heterocycles. The fraction of sp³-hybridized carbons (Fsp3) is 0.857. The quantitative estimate of drug-likeness (QED) is 0.725. The molecule has 1 rings (SSSR count). The average molecular weight is 304 g/mol. The molecule has 6 heteroatoms. The molecule has 1 saturated carbocycles. The maximum Gasteiger partial charge on any atom is 0.321 e. The molecule has 0 N–H and O–H groups in total. The maximum absolute atomic E-state index is 11.9. The molecule has 116 valence electrons. The number of Topliss-reactive ketones (excluding diaryl/α,β-unsaturated/α-hetero) is 1. The molecule has 0 aromatic heterocycles. The summed E-state index contributed by atoms with van der Waals surface area (Å²) in [5.74, 6) is -2.47. The van der Waals surface area contributed by atoms with Crippen LogP contribution in [0.25, 0.3) is 0 Å². The third-order valence-electron chi connectivity index (χ3n) is 3.18. The van der Waals surface area contributed by atoms with Crippen molar-refractivity contribution in [3.8, 4) is 0 Å². The van der Waals surface area contributed by atoms with Crippen molar-refractivity contribution in [2.45, 2.75) is 58.5 Å². The predicted molar refractivity (Wildman–Crippen MR) is 76.1 cm³/mol. The van der Waals surface area contributed by atoms with Gasteiger partial charge in [0.15, 0.2) is 15.6 Å². The van der Waals surface area contributed by atoms with E-state index in [1.165, 1.54) is 0 Å². The third-order valence-corrected chi connectivity index (χ3v) is 4.58. The van der Waals surface area contributed by atoms with Crippen molar-refractivity contribution in [2.24, 2.45) is 5.92 Å². The normalized spacial score (nSPS) is 17.8. The van der Waals surface area contributed by atoms with Gasteiger partial charge >= 0.3 is 5.97 Å². The first-order valence-electron chi connectivity index (χ1n) is 7.04. The number of rotatable bonds is 5. The number of hydrogen-bond donors (Lipinski definition) is 0. The zero-order chi connectivity index (χ0) is 15.4. The summed E-state index contributed by atoms with van der Waals surface area (Å²) in [6, 6.07) is 0. The summed E-state index contributed by atoms with van der Waals surface area (Å²) in [6.45, 7) is 5.01. The van der Waals surface area contributed by atoms with Crippen LogP contribution in [-0.4, -0.2) is 37.3 Å². The molecular weight excluding hydrogens is 280 g/mol. The molecule has 1 aliphatic rings. The van der Waals surface area contributed by atoms with Crippen LogP contribution in [0.1, 0.15) is 52.9 Å². The van der Waals surface area contributed by atoms with E-state index in [1.807, 2.05) is 0 Å². The smallest absolute Gasteiger partial charge is 0.321 e. The van der Waals surface area contributed by atoms with E-state index in [1.54, 1.807) is 20.8 Å². The number of ketones is 1. The Morgan fingerprint density at radius 3 is 2.10 bits per heavy atom. The fourth-order valence-electron chi connectivity index (χ4n) is 2.36. The molecule has 5 nitrogen and oxygen atoms in total. The van der Waals surface area contributed by atoms with E-state index in [4.69, 9.17) is 4.74 Å². The molecule has 0 spiro atoms. The highest BCUT2D eigenvalue weighted by Crippen LogP contribution is 2.24. The van der Waals surface area contributed by atoms with E-state index < -0.39 is 32.9 Å². The highest BCUT2D eigenvalue weighted by atomic mass is 32.2. The number of esters is 1. The van der Waals surface area contributed by atoms with Crippen molar-refractivity contribution in [3.05, 3.63) is 0 Å². The lowest BCUT2D eigenvalue weighted by Gasteiger charge is -2.21. The lowest BCUT2D eigenvalue weighted by molar-refractivity contribution is -0.151. The SMILES string of the molecule is CC(C)(C)OC(=O)CS(=O)(=O)CC(=O)C1CCCCC1. The molecule has 1 fully saturated rings. The number of carbonyl (C=O) groups excluding carboxylic acids is 2. The molecule has 0 saturated heterocycles. The minimum absolute atomic E-state index is 0.155. The standard InChI is InChI=1S/C14H24O5S/c1-14(2,3)19-13(16)10-20(17,18)9-12(15)11-7-5-4-6-8-11/h11H,4-10H2,1-3H3. The van der Waals surface area contributed by atoms with Crippen LogP contribution in [-0.2, 0) is 24.2 Å². The maximum atomic E-state index is 11.9. The lowest BCUT2D eigenvalue weighted by atomic mass is 9.87. The van der Waals surface area contributed by atoms with Crippen LogP contribution in [0, 0.1) is 5.92 Å². The number of carbonyl (C=O) groups is 2. The first-order chi connectivity index (χ1) is 9.09. The second-order valence-corrected chi connectivity index (χ2v) is 8.48. The van der Waals surface area contributed by atoms with Gasteiger partial charge in [0.1, 0.15) is 17.1 Å². The number of sulfone groups is 1. The van der Waals surface area contributed by atoms with E-state index in [9.17, 15) is 18.0 Å². The highest BCUT2D eigenvalue weighted by Gasteiger charge is 2.29. The Labute approximate surface area is 121 Å². The molecule has 0 amide bonds. The summed E-state index contributed by atoms with van der Waals surface area (Å²) < 4.78 is 28.7. The van der Waals surface area contributed by atoms with Crippen molar-refractivity contribution in [1.29, 1.82) is 0 Å². The Kier molecular flexibility index (Phi) is 5.74. The van der Waals surface area contributed by atoms with Crippen LogP contribution in [0.5, 0.6) is 0 Å². The monoisotopic (exact) mass is 304 g/mol. The van der Waals surface area contributed by atoms with Gasteiger partial charge in [0.2, 0.25) is 0 Å². The minimum atomic E-state index is -3.73. The van der Waals surface area contributed by atoms with Gasteiger partial charge in [-0.25, -0.2) is 8.42 Å².